The Morgan fingerprint density at radius 2 is 0.745 bits per heavy atom. The van der Waals surface area contributed by atoms with Gasteiger partial charge >= 0.3 is 0 Å². The lowest BCUT2D eigenvalue weighted by atomic mass is 9.83. The summed E-state index contributed by atoms with van der Waals surface area (Å²) in [6.07, 6.45) is 2.45. The van der Waals surface area contributed by atoms with Crippen molar-refractivity contribution in [1.29, 1.82) is 0 Å². The van der Waals surface area contributed by atoms with Crippen LogP contribution in [0.25, 0.3) is 0 Å². The molecule has 6 aromatic carbocycles. The number of hydrogen-bond donors (Lipinski definition) is 0. The van der Waals surface area contributed by atoms with Crippen molar-refractivity contribution in [3.63, 3.8) is 0 Å². The SMILES string of the molecule is Cc1cccc(C(C)c2cc(C)cc(C(C)c3cccc(C)c3)c2N2C=[N+](c3c(C(C)c4cccc(C)c4)cc(C)cc3C(C)c3cccc(C)c3)CC2)c1. The highest BCUT2D eigenvalue weighted by atomic mass is 15.3. The van der Waals surface area contributed by atoms with Gasteiger partial charge in [0.15, 0.2) is 0 Å². The Labute approximate surface area is 331 Å². The lowest BCUT2D eigenvalue weighted by Crippen LogP contribution is -2.23. The molecule has 7 rings (SSSR count). The van der Waals surface area contributed by atoms with E-state index in [0.717, 1.165) is 13.1 Å². The number of nitrogens with zero attached hydrogens (tertiary/aromatic N) is 2. The summed E-state index contributed by atoms with van der Waals surface area (Å²) in [6, 6.07) is 46.1. The molecule has 2 nitrogen and oxygen atoms in total. The molecule has 0 saturated carbocycles. The summed E-state index contributed by atoms with van der Waals surface area (Å²) in [5.74, 6) is 0.922. The minimum atomic E-state index is 0.230. The van der Waals surface area contributed by atoms with E-state index in [1.165, 1.54) is 89.3 Å². The van der Waals surface area contributed by atoms with Gasteiger partial charge in [-0.05, 0) is 63.8 Å². The monoisotopic (exact) mass is 723 g/mol. The van der Waals surface area contributed by atoms with Crippen LogP contribution < -0.4 is 4.90 Å². The summed E-state index contributed by atoms with van der Waals surface area (Å²) in [4.78, 5) is 2.59. The second-order valence-corrected chi connectivity index (χ2v) is 16.6. The third kappa shape index (κ3) is 7.97. The van der Waals surface area contributed by atoms with Crippen molar-refractivity contribution in [3.8, 4) is 0 Å². The molecular formula is C53H59N2+. The predicted molar refractivity (Wildman–Crippen MR) is 235 cm³/mol. The van der Waals surface area contributed by atoms with Gasteiger partial charge in [-0.25, -0.2) is 9.48 Å². The zero-order valence-electron chi connectivity index (χ0n) is 34.7. The van der Waals surface area contributed by atoms with E-state index in [0.29, 0.717) is 0 Å². The third-order valence-corrected chi connectivity index (χ3v) is 12.1. The Morgan fingerprint density at radius 1 is 0.418 bits per heavy atom. The van der Waals surface area contributed by atoms with Gasteiger partial charge in [0.25, 0.3) is 0 Å². The Hall–Kier alpha value is -5.21. The quantitative estimate of drug-likeness (QED) is 0.128. The van der Waals surface area contributed by atoms with E-state index in [1.807, 2.05) is 0 Å². The first-order chi connectivity index (χ1) is 26.4. The molecule has 0 fully saturated rings. The molecule has 280 valence electrons. The summed E-state index contributed by atoms with van der Waals surface area (Å²) < 4.78 is 2.59. The summed E-state index contributed by atoms with van der Waals surface area (Å²) in [6.45, 7) is 24.8. The summed E-state index contributed by atoms with van der Waals surface area (Å²) in [5, 5.41) is 0. The molecule has 0 spiro atoms. The minimum Gasteiger partial charge on any atom is -0.229 e. The van der Waals surface area contributed by atoms with Gasteiger partial charge in [-0.2, -0.15) is 0 Å². The Bertz CT molecular complexity index is 2230. The van der Waals surface area contributed by atoms with Gasteiger partial charge in [0.2, 0.25) is 6.34 Å². The zero-order valence-corrected chi connectivity index (χ0v) is 34.7. The first-order valence-electron chi connectivity index (χ1n) is 20.3. The van der Waals surface area contributed by atoms with Crippen LogP contribution in [-0.4, -0.2) is 24.0 Å². The van der Waals surface area contributed by atoms with Crippen LogP contribution in [0.1, 0.15) is 129 Å². The standard InChI is InChI=1S/C53H59N2/c1-34-15-11-19-44(25-34)40(7)48-29-38(5)30-49(41(8)45-20-12-16-35(2)26-45)52(48)54-23-24-55(33-54)53-50(42(9)46-21-13-17-36(3)27-46)31-39(6)32-51(53)43(10)47-22-14-18-37(4)28-47/h11-22,25-33,40-43H,23-24H2,1-10H3/q+1. The number of anilines is 1. The molecule has 4 unspecified atom stereocenters. The summed E-state index contributed by atoms with van der Waals surface area (Å²) in [5.41, 5.74) is 21.5. The predicted octanol–water partition coefficient (Wildman–Crippen LogP) is 13.3. The van der Waals surface area contributed by atoms with Crippen LogP contribution in [0.2, 0.25) is 0 Å². The van der Waals surface area contributed by atoms with Crippen LogP contribution >= 0.6 is 0 Å². The van der Waals surface area contributed by atoms with Crippen LogP contribution in [-0.2, 0) is 0 Å². The van der Waals surface area contributed by atoms with Crippen LogP contribution in [0.15, 0.2) is 121 Å². The fourth-order valence-corrected chi connectivity index (χ4v) is 8.97. The Balaban J connectivity index is 1.44. The summed E-state index contributed by atoms with van der Waals surface area (Å²) in [7, 11) is 0. The highest BCUT2D eigenvalue weighted by Crippen LogP contribution is 2.44. The molecule has 0 aliphatic carbocycles. The van der Waals surface area contributed by atoms with Crippen LogP contribution in [0, 0.1) is 41.5 Å². The Morgan fingerprint density at radius 3 is 1.09 bits per heavy atom. The molecule has 1 aliphatic rings. The average molecular weight is 724 g/mol. The van der Waals surface area contributed by atoms with E-state index in [-0.39, 0.29) is 23.7 Å². The van der Waals surface area contributed by atoms with Gasteiger partial charge in [-0.15, -0.1) is 0 Å². The molecule has 0 bridgehead atoms. The molecule has 1 aliphatic heterocycles. The number of benzene rings is 6. The maximum absolute atomic E-state index is 2.59. The van der Waals surface area contributed by atoms with Crippen molar-refractivity contribution in [1.82, 2.24) is 0 Å². The first kappa shape index (κ1) is 38.1. The molecule has 6 aromatic rings. The highest BCUT2D eigenvalue weighted by molar-refractivity contribution is 5.84. The first-order valence-corrected chi connectivity index (χ1v) is 20.3. The summed E-state index contributed by atoms with van der Waals surface area (Å²) >= 11 is 0. The smallest absolute Gasteiger partial charge is 0.229 e. The van der Waals surface area contributed by atoms with E-state index in [2.05, 4.69) is 206 Å². The van der Waals surface area contributed by atoms with Crippen molar-refractivity contribution in [2.24, 2.45) is 0 Å². The molecule has 4 atom stereocenters. The molecule has 55 heavy (non-hydrogen) atoms. The maximum Gasteiger partial charge on any atom is 0.244 e. The van der Waals surface area contributed by atoms with Crippen molar-refractivity contribution in [2.45, 2.75) is 92.9 Å². The van der Waals surface area contributed by atoms with E-state index >= 15 is 0 Å². The van der Waals surface area contributed by atoms with Gasteiger partial charge in [-0.1, -0.05) is 182 Å². The van der Waals surface area contributed by atoms with Crippen LogP contribution in [0.5, 0.6) is 0 Å². The molecule has 0 radical (unpaired) electrons. The lowest BCUT2D eigenvalue weighted by Gasteiger charge is -2.25. The Kier molecular flexibility index (Phi) is 11.0. The molecule has 0 amide bonds. The molecule has 0 saturated heterocycles. The number of aryl methyl sites for hydroxylation is 6. The fourth-order valence-electron chi connectivity index (χ4n) is 8.97. The average Bonchev–Trinajstić information content (AvgIpc) is 3.65. The van der Waals surface area contributed by atoms with Gasteiger partial charge < -0.3 is 0 Å². The number of hydrogen-bond acceptors (Lipinski definition) is 1. The van der Waals surface area contributed by atoms with Crippen molar-refractivity contribution < 1.29 is 4.58 Å². The van der Waals surface area contributed by atoms with E-state index in [9.17, 15) is 0 Å². The van der Waals surface area contributed by atoms with Crippen LogP contribution in [0.4, 0.5) is 11.4 Å². The normalized spacial score (nSPS) is 15.1. The minimum absolute atomic E-state index is 0.230. The number of rotatable bonds is 10. The zero-order chi connectivity index (χ0) is 39.0. The van der Waals surface area contributed by atoms with Gasteiger partial charge in [0.05, 0.1) is 0 Å². The van der Waals surface area contributed by atoms with Gasteiger partial charge in [0.1, 0.15) is 24.5 Å². The molecular weight excluding hydrogens is 665 g/mol. The molecule has 0 aromatic heterocycles. The van der Waals surface area contributed by atoms with Crippen molar-refractivity contribution in [2.75, 3.05) is 18.0 Å². The van der Waals surface area contributed by atoms with Crippen molar-refractivity contribution in [3.05, 3.63) is 199 Å². The van der Waals surface area contributed by atoms with E-state index in [4.69, 9.17) is 0 Å². The lowest BCUT2D eigenvalue weighted by molar-refractivity contribution is -0.425. The molecule has 0 N–H and O–H groups in total. The largest absolute Gasteiger partial charge is 0.244 e. The van der Waals surface area contributed by atoms with Gasteiger partial charge in [-0.3, -0.25) is 0 Å². The highest BCUT2D eigenvalue weighted by Gasteiger charge is 2.34. The topological polar surface area (TPSA) is 6.25 Å². The molecule has 1 heterocycles. The van der Waals surface area contributed by atoms with Gasteiger partial charge in [0, 0.05) is 45.9 Å². The second kappa shape index (κ2) is 15.9. The maximum atomic E-state index is 2.59. The van der Waals surface area contributed by atoms with E-state index in [1.54, 1.807) is 0 Å². The third-order valence-electron chi connectivity index (χ3n) is 12.1. The second-order valence-electron chi connectivity index (χ2n) is 16.6. The van der Waals surface area contributed by atoms with Crippen LogP contribution in [0.3, 0.4) is 0 Å². The van der Waals surface area contributed by atoms with Crippen molar-refractivity contribution >= 4 is 17.7 Å². The molecule has 2 heteroatoms. The van der Waals surface area contributed by atoms with E-state index < -0.39 is 0 Å². The fraction of sp³-hybridized carbons (Fsp3) is 0.302.